The number of morpholine rings is 1. The van der Waals surface area contributed by atoms with Crippen molar-refractivity contribution in [3.63, 3.8) is 0 Å². The van der Waals surface area contributed by atoms with Gasteiger partial charge < -0.3 is 9.84 Å². The minimum Gasteiger partial charge on any atom is -0.389 e. The Hall–Kier alpha value is -0.210. The van der Waals surface area contributed by atoms with E-state index in [1.54, 1.807) is 6.92 Å². The molecule has 1 aliphatic heterocycles. The largest absolute Gasteiger partial charge is 0.389 e. The highest BCUT2D eigenvalue weighted by Crippen LogP contribution is 2.17. The Bertz CT molecular complexity index is 399. The first-order chi connectivity index (χ1) is 9.02. The lowest BCUT2D eigenvalue weighted by molar-refractivity contribution is -0.0446. The van der Waals surface area contributed by atoms with E-state index in [0.717, 1.165) is 0 Å². The topological polar surface area (TPSA) is 78.9 Å². The average Bonchev–Trinajstić information content (AvgIpc) is 2.23. The molecule has 0 amide bonds. The fraction of sp³-hybridized carbons (Fsp3) is 1.00. The molecule has 1 rings (SSSR count). The van der Waals surface area contributed by atoms with E-state index in [0.29, 0.717) is 25.4 Å². The maximum absolute atomic E-state index is 12.3. The van der Waals surface area contributed by atoms with Crippen LogP contribution >= 0.6 is 0 Å². The number of nitrogens with one attached hydrogen (secondary N) is 1. The van der Waals surface area contributed by atoms with Crippen LogP contribution < -0.4 is 4.72 Å². The molecule has 1 aliphatic rings. The molecule has 2 N–H and O–H groups in total. The summed E-state index contributed by atoms with van der Waals surface area (Å²) in [5.74, 6) is 0.304. The van der Waals surface area contributed by atoms with Crippen molar-refractivity contribution in [1.82, 2.24) is 9.03 Å². The van der Waals surface area contributed by atoms with Gasteiger partial charge in [-0.25, -0.2) is 0 Å². The Morgan fingerprint density at radius 2 is 1.85 bits per heavy atom. The van der Waals surface area contributed by atoms with Gasteiger partial charge in [-0.15, -0.1) is 0 Å². The summed E-state index contributed by atoms with van der Waals surface area (Å²) in [6.45, 7) is 10.1. The standard InChI is InChI=1S/C13H28N2O4S/c1-10(2)6-13(5,16)9-14-20(17,18)15-7-11(3)19-12(4)8-15/h10-12,14,16H,6-9H2,1-5H3. The Balaban J connectivity index is 2.61. The molecule has 120 valence electrons. The second-order valence-electron chi connectivity index (χ2n) is 6.50. The van der Waals surface area contributed by atoms with Crippen molar-refractivity contribution in [2.45, 2.75) is 58.8 Å². The summed E-state index contributed by atoms with van der Waals surface area (Å²) in [6.07, 6.45) is 0.309. The lowest BCUT2D eigenvalue weighted by Gasteiger charge is -2.35. The molecule has 1 heterocycles. The summed E-state index contributed by atoms with van der Waals surface area (Å²) in [4.78, 5) is 0. The minimum atomic E-state index is -3.57. The van der Waals surface area contributed by atoms with E-state index >= 15 is 0 Å². The van der Waals surface area contributed by atoms with Crippen LogP contribution in [0.2, 0.25) is 0 Å². The van der Waals surface area contributed by atoms with Crippen LogP contribution in [-0.2, 0) is 14.9 Å². The van der Waals surface area contributed by atoms with E-state index in [4.69, 9.17) is 4.74 Å². The summed E-state index contributed by atoms with van der Waals surface area (Å²) in [7, 11) is -3.57. The van der Waals surface area contributed by atoms with Crippen LogP contribution in [0.1, 0.15) is 41.0 Å². The van der Waals surface area contributed by atoms with Crippen LogP contribution in [0.5, 0.6) is 0 Å². The molecular weight excluding hydrogens is 280 g/mol. The first-order valence-electron chi connectivity index (χ1n) is 7.14. The maximum atomic E-state index is 12.3. The number of aliphatic hydroxyl groups is 1. The summed E-state index contributed by atoms with van der Waals surface area (Å²) in [5.41, 5.74) is -1.04. The van der Waals surface area contributed by atoms with Crippen LogP contribution in [0.4, 0.5) is 0 Å². The van der Waals surface area contributed by atoms with Crippen molar-refractivity contribution in [2.24, 2.45) is 5.92 Å². The van der Waals surface area contributed by atoms with E-state index in [1.165, 1.54) is 4.31 Å². The first-order valence-corrected chi connectivity index (χ1v) is 8.58. The van der Waals surface area contributed by atoms with Crippen molar-refractivity contribution in [2.75, 3.05) is 19.6 Å². The second kappa shape index (κ2) is 6.70. The average molecular weight is 308 g/mol. The number of hydrogen-bond acceptors (Lipinski definition) is 4. The summed E-state index contributed by atoms with van der Waals surface area (Å²) in [6, 6.07) is 0. The summed E-state index contributed by atoms with van der Waals surface area (Å²) < 4.78 is 33.9. The van der Waals surface area contributed by atoms with E-state index in [1.807, 2.05) is 27.7 Å². The van der Waals surface area contributed by atoms with Gasteiger partial charge in [0.05, 0.1) is 17.8 Å². The molecule has 0 aromatic carbocycles. The van der Waals surface area contributed by atoms with Gasteiger partial charge in [-0.1, -0.05) is 13.8 Å². The molecular formula is C13H28N2O4S. The highest BCUT2D eigenvalue weighted by Gasteiger charge is 2.32. The molecule has 7 heteroatoms. The monoisotopic (exact) mass is 308 g/mol. The van der Waals surface area contributed by atoms with Gasteiger partial charge in [-0.2, -0.15) is 17.4 Å². The van der Waals surface area contributed by atoms with Crippen LogP contribution in [0.3, 0.4) is 0 Å². The zero-order valence-corrected chi connectivity index (χ0v) is 13.9. The van der Waals surface area contributed by atoms with E-state index in [-0.39, 0.29) is 18.8 Å². The lowest BCUT2D eigenvalue weighted by atomic mass is 9.95. The Labute approximate surface area is 122 Å². The van der Waals surface area contributed by atoms with Crippen molar-refractivity contribution < 1.29 is 18.3 Å². The highest BCUT2D eigenvalue weighted by molar-refractivity contribution is 7.87. The predicted molar refractivity (Wildman–Crippen MR) is 78.6 cm³/mol. The Kier molecular flexibility index (Phi) is 5.98. The van der Waals surface area contributed by atoms with Gasteiger partial charge in [0.15, 0.2) is 0 Å². The van der Waals surface area contributed by atoms with Crippen LogP contribution in [0, 0.1) is 5.92 Å². The molecule has 0 saturated carbocycles. The first kappa shape index (κ1) is 17.8. The number of rotatable bonds is 6. The Morgan fingerprint density at radius 3 is 2.30 bits per heavy atom. The zero-order chi connectivity index (χ0) is 15.6. The molecule has 3 unspecified atom stereocenters. The SMILES string of the molecule is CC(C)CC(C)(O)CNS(=O)(=O)N1CC(C)OC(C)C1. The van der Waals surface area contributed by atoms with Crippen molar-refractivity contribution in [3.8, 4) is 0 Å². The third-order valence-corrected chi connectivity index (χ3v) is 4.70. The number of hydrogen-bond donors (Lipinski definition) is 2. The molecule has 20 heavy (non-hydrogen) atoms. The fourth-order valence-corrected chi connectivity index (χ4v) is 4.10. The lowest BCUT2D eigenvalue weighted by Crippen LogP contribution is -2.54. The maximum Gasteiger partial charge on any atom is 0.279 e. The van der Waals surface area contributed by atoms with E-state index in [9.17, 15) is 13.5 Å². The molecule has 0 bridgehead atoms. The van der Waals surface area contributed by atoms with Gasteiger partial charge in [0.1, 0.15) is 0 Å². The van der Waals surface area contributed by atoms with Crippen LogP contribution in [0.15, 0.2) is 0 Å². The van der Waals surface area contributed by atoms with Gasteiger partial charge in [-0.05, 0) is 33.1 Å². The fourth-order valence-electron chi connectivity index (χ4n) is 2.62. The molecule has 0 aromatic heterocycles. The summed E-state index contributed by atoms with van der Waals surface area (Å²) >= 11 is 0. The molecule has 0 spiro atoms. The van der Waals surface area contributed by atoms with Crippen molar-refractivity contribution >= 4 is 10.2 Å². The second-order valence-corrected chi connectivity index (χ2v) is 8.25. The molecule has 1 saturated heterocycles. The smallest absolute Gasteiger partial charge is 0.279 e. The van der Waals surface area contributed by atoms with Crippen molar-refractivity contribution in [3.05, 3.63) is 0 Å². The third kappa shape index (κ3) is 5.65. The van der Waals surface area contributed by atoms with Gasteiger partial charge in [0, 0.05) is 19.6 Å². The van der Waals surface area contributed by atoms with Gasteiger partial charge in [0.2, 0.25) is 0 Å². The van der Waals surface area contributed by atoms with Gasteiger partial charge >= 0.3 is 0 Å². The van der Waals surface area contributed by atoms with E-state index in [2.05, 4.69) is 4.72 Å². The van der Waals surface area contributed by atoms with Crippen LogP contribution in [-0.4, -0.2) is 55.3 Å². The Morgan fingerprint density at radius 1 is 1.35 bits per heavy atom. The van der Waals surface area contributed by atoms with Gasteiger partial charge in [0.25, 0.3) is 10.2 Å². The third-order valence-electron chi connectivity index (χ3n) is 3.21. The molecule has 0 aliphatic carbocycles. The van der Waals surface area contributed by atoms with Crippen LogP contribution in [0.25, 0.3) is 0 Å². The summed E-state index contributed by atoms with van der Waals surface area (Å²) in [5, 5.41) is 10.2. The van der Waals surface area contributed by atoms with Crippen molar-refractivity contribution in [1.29, 1.82) is 0 Å². The minimum absolute atomic E-state index is 0.0215. The molecule has 6 nitrogen and oxygen atoms in total. The molecule has 0 aromatic rings. The van der Waals surface area contributed by atoms with Gasteiger partial charge in [-0.3, -0.25) is 0 Å². The molecule has 0 radical (unpaired) electrons. The molecule has 1 fully saturated rings. The highest BCUT2D eigenvalue weighted by atomic mass is 32.2. The van der Waals surface area contributed by atoms with E-state index < -0.39 is 15.8 Å². The normalized spacial score (nSPS) is 28.6. The predicted octanol–water partition coefficient (Wildman–Crippen LogP) is 0.727. The quantitative estimate of drug-likeness (QED) is 0.758. The zero-order valence-electron chi connectivity index (χ0n) is 13.1. The molecule has 3 atom stereocenters. The number of ether oxygens (including phenoxy) is 1. The number of nitrogens with zero attached hydrogens (tertiary/aromatic N) is 1.